The summed E-state index contributed by atoms with van der Waals surface area (Å²) in [6.07, 6.45) is 17.1. The molecule has 6 aliphatic carbocycles. The van der Waals surface area contributed by atoms with Gasteiger partial charge in [0.25, 0.3) is 0 Å². The van der Waals surface area contributed by atoms with Crippen LogP contribution in [0.2, 0.25) is 0 Å². The van der Waals surface area contributed by atoms with Crippen LogP contribution in [0, 0.1) is 41.4 Å². The molecule has 0 aromatic rings. The van der Waals surface area contributed by atoms with E-state index in [1.807, 2.05) is 0 Å². The molecule has 6 fully saturated rings. The fourth-order valence-electron chi connectivity index (χ4n) is 11.6. The summed E-state index contributed by atoms with van der Waals surface area (Å²) >= 11 is 0. The van der Waals surface area contributed by atoms with Crippen LogP contribution in [0.3, 0.4) is 0 Å². The van der Waals surface area contributed by atoms with Gasteiger partial charge in [0, 0.05) is 60.8 Å². The molecule has 0 radical (unpaired) electrons. The van der Waals surface area contributed by atoms with Gasteiger partial charge in [-0.25, -0.2) is 0 Å². The van der Waals surface area contributed by atoms with Crippen LogP contribution in [0.1, 0.15) is 142 Å². The Morgan fingerprint density at radius 3 is 1.47 bits per heavy atom. The van der Waals surface area contributed by atoms with Crippen molar-refractivity contribution in [2.24, 2.45) is 58.6 Å². The SMILES string of the molecule is COC(=O)C1CCCCC1NCC1CC(N)CCC1NC(=O)C1CCCCC1NC(=O)C1CC(N)CCC1NC(=O)C1CCCCC1NC(=O)C1CC(N)CCC1C. The highest BCUT2D eigenvalue weighted by Gasteiger charge is 2.43. The lowest BCUT2D eigenvalue weighted by Gasteiger charge is -2.40. The molecule has 0 spiro atoms. The first-order valence-corrected chi connectivity index (χ1v) is 23.2. The summed E-state index contributed by atoms with van der Waals surface area (Å²) in [6, 6.07) is -0.989. The number of nitrogens with two attached hydrogens (primary N) is 3. The number of carbonyl (C=O) groups excluding carboxylic acids is 5. The number of rotatable bonds is 12. The summed E-state index contributed by atoms with van der Waals surface area (Å²) in [5.74, 6) is -1.58. The fraction of sp³-hybridized carbons (Fsp3) is 0.886. The summed E-state index contributed by atoms with van der Waals surface area (Å²) < 4.78 is 5.11. The molecule has 11 N–H and O–H groups in total. The molecule has 4 amide bonds. The average Bonchev–Trinajstić information content (AvgIpc) is 3.22. The number of ether oxygens (including phenoxy) is 1. The molecule has 0 aromatic heterocycles. The van der Waals surface area contributed by atoms with E-state index in [2.05, 4.69) is 33.5 Å². The third kappa shape index (κ3) is 11.5. The van der Waals surface area contributed by atoms with Crippen LogP contribution >= 0.6 is 0 Å². The lowest BCUT2D eigenvalue weighted by molar-refractivity contribution is -0.147. The fourth-order valence-corrected chi connectivity index (χ4v) is 11.6. The lowest BCUT2D eigenvalue weighted by Crippen LogP contribution is -2.58. The van der Waals surface area contributed by atoms with Crippen molar-refractivity contribution in [1.29, 1.82) is 0 Å². The van der Waals surface area contributed by atoms with Gasteiger partial charge < -0.3 is 48.5 Å². The molecule has 0 heterocycles. The minimum Gasteiger partial charge on any atom is -0.469 e. The first-order chi connectivity index (χ1) is 27.9. The van der Waals surface area contributed by atoms with Gasteiger partial charge >= 0.3 is 5.97 Å². The molecular weight excluding hydrogens is 737 g/mol. The van der Waals surface area contributed by atoms with Crippen LogP contribution in [0.5, 0.6) is 0 Å². The molecule has 6 saturated carbocycles. The molecular formula is C44H76N8O6. The molecule has 0 aromatic carbocycles. The van der Waals surface area contributed by atoms with Crippen molar-refractivity contribution in [2.45, 2.75) is 190 Å². The molecule has 0 saturated heterocycles. The maximum Gasteiger partial charge on any atom is 0.310 e. The predicted octanol–water partition coefficient (Wildman–Crippen LogP) is 2.65. The quantitative estimate of drug-likeness (QED) is 0.134. The van der Waals surface area contributed by atoms with Crippen LogP contribution in [0.4, 0.5) is 0 Å². The molecule has 0 aliphatic heterocycles. The molecule has 15 unspecified atom stereocenters. The van der Waals surface area contributed by atoms with E-state index < -0.39 is 5.92 Å². The van der Waals surface area contributed by atoms with E-state index in [0.29, 0.717) is 51.5 Å². The Bertz CT molecular complexity index is 1420. The maximum absolute atomic E-state index is 14.2. The highest BCUT2D eigenvalue weighted by atomic mass is 16.5. The predicted molar refractivity (Wildman–Crippen MR) is 223 cm³/mol. The Balaban J connectivity index is 1.06. The third-order valence-corrected chi connectivity index (χ3v) is 15.3. The Labute approximate surface area is 346 Å². The van der Waals surface area contributed by atoms with Gasteiger partial charge in [-0.05, 0) is 108 Å². The Morgan fingerprint density at radius 2 is 0.879 bits per heavy atom. The minimum atomic E-state index is -0.511. The molecule has 15 atom stereocenters. The minimum absolute atomic E-state index is 0.00629. The van der Waals surface area contributed by atoms with Crippen LogP contribution in [0.15, 0.2) is 0 Å². The van der Waals surface area contributed by atoms with Crippen molar-refractivity contribution >= 4 is 29.6 Å². The van der Waals surface area contributed by atoms with E-state index in [-0.39, 0.29) is 113 Å². The second kappa shape index (κ2) is 21.1. The summed E-state index contributed by atoms with van der Waals surface area (Å²) in [5, 5.41) is 16.9. The zero-order valence-electron chi connectivity index (χ0n) is 35.4. The van der Waals surface area contributed by atoms with Crippen molar-refractivity contribution in [3.05, 3.63) is 0 Å². The molecule has 0 bridgehead atoms. The van der Waals surface area contributed by atoms with Gasteiger partial charge in [-0.3, -0.25) is 24.0 Å². The van der Waals surface area contributed by atoms with Crippen LogP contribution in [0.25, 0.3) is 0 Å². The number of methoxy groups -OCH3 is 1. The van der Waals surface area contributed by atoms with Gasteiger partial charge in [0.2, 0.25) is 23.6 Å². The van der Waals surface area contributed by atoms with E-state index in [4.69, 9.17) is 21.9 Å². The molecule has 14 nitrogen and oxygen atoms in total. The third-order valence-electron chi connectivity index (χ3n) is 15.3. The molecule has 6 rings (SSSR count). The summed E-state index contributed by atoms with van der Waals surface area (Å²) in [5.41, 5.74) is 19.1. The van der Waals surface area contributed by atoms with Gasteiger partial charge in [-0.15, -0.1) is 0 Å². The monoisotopic (exact) mass is 813 g/mol. The van der Waals surface area contributed by atoms with E-state index >= 15 is 0 Å². The van der Waals surface area contributed by atoms with Gasteiger partial charge in [-0.2, -0.15) is 0 Å². The maximum atomic E-state index is 14.2. The second-order valence-electron chi connectivity index (χ2n) is 19.3. The largest absolute Gasteiger partial charge is 0.469 e. The standard InChI is InChI=1S/C44H76N8O6/c1-25-15-16-28(46)22-33(25)42(55)50-37-13-7-4-10-31(37)41(54)52-39-20-18-29(47)23-34(39)43(56)51-38-14-8-3-9-30(38)40(53)49-35-19-17-27(45)21-26(35)24-48-36-12-6-5-11-32(36)44(57)58-2/h25-39,48H,3-24,45-47H2,1-2H3,(H,49,53)(H,50,55)(H,51,56)(H,52,54). The Hall–Kier alpha value is -2.81. The zero-order valence-corrected chi connectivity index (χ0v) is 35.4. The summed E-state index contributed by atoms with van der Waals surface area (Å²) in [7, 11) is 1.45. The zero-order chi connectivity index (χ0) is 41.3. The van der Waals surface area contributed by atoms with E-state index in [0.717, 1.165) is 89.9 Å². The van der Waals surface area contributed by atoms with Gasteiger partial charge in [-0.1, -0.05) is 45.4 Å². The number of hydrogen-bond acceptors (Lipinski definition) is 10. The van der Waals surface area contributed by atoms with Crippen molar-refractivity contribution < 1.29 is 28.7 Å². The van der Waals surface area contributed by atoms with Crippen LogP contribution in [-0.2, 0) is 28.7 Å². The number of carbonyl (C=O) groups is 5. The first-order valence-electron chi connectivity index (χ1n) is 23.2. The van der Waals surface area contributed by atoms with Crippen molar-refractivity contribution in [1.82, 2.24) is 26.6 Å². The summed E-state index contributed by atoms with van der Waals surface area (Å²) in [4.78, 5) is 68.4. The van der Waals surface area contributed by atoms with E-state index in [1.54, 1.807) is 0 Å². The lowest BCUT2D eigenvalue weighted by atomic mass is 9.76. The van der Waals surface area contributed by atoms with Crippen molar-refractivity contribution in [3.8, 4) is 0 Å². The molecule has 14 heteroatoms. The van der Waals surface area contributed by atoms with E-state index in [9.17, 15) is 24.0 Å². The number of hydrogen-bond donors (Lipinski definition) is 8. The number of nitrogens with one attached hydrogen (secondary N) is 5. The van der Waals surface area contributed by atoms with Gasteiger partial charge in [0.1, 0.15) is 0 Å². The topological polar surface area (TPSA) is 233 Å². The number of esters is 1. The summed E-state index contributed by atoms with van der Waals surface area (Å²) in [6.45, 7) is 2.78. The molecule has 58 heavy (non-hydrogen) atoms. The molecule has 6 aliphatic rings. The van der Waals surface area contributed by atoms with Gasteiger partial charge in [0.15, 0.2) is 0 Å². The smallest absolute Gasteiger partial charge is 0.310 e. The molecule has 328 valence electrons. The first kappa shape index (κ1) is 44.7. The van der Waals surface area contributed by atoms with Crippen molar-refractivity contribution in [2.75, 3.05) is 13.7 Å². The second-order valence-corrected chi connectivity index (χ2v) is 19.3. The van der Waals surface area contributed by atoms with Crippen LogP contribution in [-0.4, -0.2) is 91.6 Å². The highest BCUT2D eigenvalue weighted by molar-refractivity contribution is 5.86. The Kier molecular flexibility index (Phi) is 16.3. The van der Waals surface area contributed by atoms with E-state index in [1.165, 1.54) is 7.11 Å². The van der Waals surface area contributed by atoms with Crippen molar-refractivity contribution in [3.63, 3.8) is 0 Å². The van der Waals surface area contributed by atoms with Crippen LogP contribution < -0.4 is 43.8 Å². The number of amides is 4. The average molecular weight is 813 g/mol. The van der Waals surface area contributed by atoms with Gasteiger partial charge in [0.05, 0.1) is 30.8 Å². The highest BCUT2D eigenvalue weighted by Crippen LogP contribution is 2.34. The Morgan fingerprint density at radius 1 is 0.466 bits per heavy atom. The normalized spacial score (nSPS) is 39.7.